The van der Waals surface area contributed by atoms with Gasteiger partial charge in [-0.1, -0.05) is 0 Å². The minimum atomic E-state index is -0.553. The minimum Gasteiger partial charge on any atom is -0.444 e. The summed E-state index contributed by atoms with van der Waals surface area (Å²) in [5.74, 6) is 0. The Bertz CT molecular complexity index is 853. The van der Waals surface area contributed by atoms with Crippen LogP contribution < -0.4 is 10.9 Å². The van der Waals surface area contributed by atoms with E-state index in [2.05, 4.69) is 26.2 Å². The Hall–Kier alpha value is -2.13. The second-order valence-corrected chi connectivity index (χ2v) is 8.06. The summed E-state index contributed by atoms with van der Waals surface area (Å²) in [5.41, 5.74) is 0.599. The third-order valence-electron chi connectivity index (χ3n) is 3.24. The highest BCUT2D eigenvalue weighted by Crippen LogP contribution is 2.13. The number of halogens is 1. The molecule has 0 aliphatic rings. The molecule has 0 saturated heterocycles. The van der Waals surface area contributed by atoms with Crippen molar-refractivity contribution in [3.05, 3.63) is 44.6 Å². The van der Waals surface area contributed by atoms with E-state index in [0.29, 0.717) is 10.2 Å². The topological polar surface area (TPSA) is 95.6 Å². The predicted molar refractivity (Wildman–Crippen MR) is 103 cm³/mol. The van der Waals surface area contributed by atoms with Gasteiger partial charge in [0.15, 0.2) is 0 Å². The lowest BCUT2D eigenvalue weighted by Gasteiger charge is -2.22. The van der Waals surface area contributed by atoms with E-state index in [4.69, 9.17) is 13.9 Å². The second-order valence-electron chi connectivity index (χ2n) is 7.21. The molecule has 0 spiro atoms. The van der Waals surface area contributed by atoms with E-state index < -0.39 is 11.7 Å². The molecule has 2 rings (SSSR count). The molecule has 2 heterocycles. The molecule has 27 heavy (non-hydrogen) atoms. The highest BCUT2D eigenvalue weighted by molar-refractivity contribution is 9.10. The molecule has 0 unspecified atom stereocenters. The molecular weight excluding hydrogens is 418 g/mol. The fraction of sp³-hybridized carbons (Fsp3) is 0.500. The van der Waals surface area contributed by atoms with Crippen molar-refractivity contribution in [2.75, 3.05) is 6.61 Å². The summed E-state index contributed by atoms with van der Waals surface area (Å²) in [6, 6.07) is 1.64. The number of oxazole rings is 1. The number of alkyl carbamates (subject to hydrolysis) is 1. The van der Waals surface area contributed by atoms with E-state index >= 15 is 0 Å². The van der Waals surface area contributed by atoms with E-state index in [1.165, 1.54) is 10.8 Å². The maximum absolute atomic E-state index is 12.3. The molecule has 8 nitrogen and oxygen atoms in total. The Balaban J connectivity index is 1.95. The van der Waals surface area contributed by atoms with Crippen LogP contribution in [0.5, 0.6) is 0 Å². The maximum Gasteiger partial charge on any atom is 0.407 e. The number of aryl methyl sites for hydroxylation is 1. The zero-order valence-corrected chi connectivity index (χ0v) is 17.6. The number of carbonyl (C=O) groups is 1. The molecule has 0 radical (unpaired) electrons. The first-order valence-corrected chi connectivity index (χ1v) is 9.25. The highest BCUT2D eigenvalue weighted by atomic mass is 79.9. The van der Waals surface area contributed by atoms with Crippen LogP contribution in [-0.4, -0.2) is 33.9 Å². The van der Waals surface area contributed by atoms with Gasteiger partial charge >= 0.3 is 12.1 Å². The van der Waals surface area contributed by atoms with E-state index in [1.807, 2.05) is 6.92 Å². The van der Waals surface area contributed by atoms with Crippen LogP contribution in [0.1, 0.15) is 39.0 Å². The first-order chi connectivity index (χ1) is 12.5. The summed E-state index contributed by atoms with van der Waals surface area (Å²) >= 11 is 3.25. The molecule has 2 aromatic rings. The molecule has 0 bridgehead atoms. The van der Waals surface area contributed by atoms with Gasteiger partial charge in [0.2, 0.25) is 0 Å². The quantitative estimate of drug-likeness (QED) is 0.738. The van der Waals surface area contributed by atoms with E-state index in [-0.39, 0.29) is 30.8 Å². The summed E-state index contributed by atoms with van der Waals surface area (Å²) in [6.45, 7) is 9.53. The monoisotopic (exact) mass is 441 g/mol. The Morgan fingerprint density at radius 2 is 2.15 bits per heavy atom. The van der Waals surface area contributed by atoms with Gasteiger partial charge in [0.25, 0.3) is 5.56 Å². The fourth-order valence-corrected chi connectivity index (χ4v) is 2.66. The Morgan fingerprint density at radius 3 is 2.74 bits per heavy atom. The van der Waals surface area contributed by atoms with Gasteiger partial charge in [-0.25, -0.2) is 9.36 Å². The lowest BCUT2D eigenvalue weighted by Crippen LogP contribution is -2.39. The molecule has 148 valence electrons. The number of hydrogen-bond acceptors (Lipinski definition) is 6. The number of rotatable bonds is 6. The molecule has 1 atom stereocenters. The number of amides is 1. The summed E-state index contributed by atoms with van der Waals surface area (Å²) in [5, 5.41) is 2.71. The highest BCUT2D eigenvalue weighted by Gasteiger charge is 2.18. The normalized spacial score (nSPS) is 12.7. The SMILES string of the molecule is Cc1coc(-n2cc(COC[C@@H](C)NC(=O)OC(C)(C)C)cc(Br)c2=O)n1. The molecule has 1 N–H and O–H groups in total. The second kappa shape index (κ2) is 8.71. The lowest BCUT2D eigenvalue weighted by atomic mass is 10.2. The van der Waals surface area contributed by atoms with Crippen LogP contribution in [0, 0.1) is 6.92 Å². The van der Waals surface area contributed by atoms with Crippen LogP contribution in [0.4, 0.5) is 4.79 Å². The van der Waals surface area contributed by atoms with Crippen molar-refractivity contribution in [3.8, 4) is 6.01 Å². The summed E-state index contributed by atoms with van der Waals surface area (Å²) in [4.78, 5) is 28.2. The van der Waals surface area contributed by atoms with Gasteiger partial charge in [0.1, 0.15) is 11.9 Å². The first kappa shape index (κ1) is 21.2. The Labute approximate surface area is 166 Å². The van der Waals surface area contributed by atoms with E-state index in [1.54, 1.807) is 40.0 Å². The molecule has 0 saturated carbocycles. The number of carbonyl (C=O) groups excluding carboxylic acids is 1. The third-order valence-corrected chi connectivity index (χ3v) is 3.81. The lowest BCUT2D eigenvalue weighted by molar-refractivity contribution is 0.0442. The maximum atomic E-state index is 12.3. The molecule has 1 amide bonds. The first-order valence-electron chi connectivity index (χ1n) is 8.46. The van der Waals surface area contributed by atoms with E-state index in [0.717, 1.165) is 5.56 Å². The zero-order valence-electron chi connectivity index (χ0n) is 16.0. The molecular formula is C18H24BrN3O5. The summed E-state index contributed by atoms with van der Waals surface area (Å²) in [7, 11) is 0. The van der Waals surface area contributed by atoms with Crippen LogP contribution >= 0.6 is 15.9 Å². The van der Waals surface area contributed by atoms with Crippen molar-refractivity contribution in [3.63, 3.8) is 0 Å². The number of nitrogens with zero attached hydrogens (tertiary/aromatic N) is 2. The van der Waals surface area contributed by atoms with Gasteiger partial charge in [-0.3, -0.25) is 4.79 Å². The standard InChI is InChI=1S/C18H24BrN3O5/c1-11(21-17(24)27-18(3,4)5)8-25-10-13-6-14(19)15(23)22(7-13)16-20-12(2)9-26-16/h6-7,9,11H,8,10H2,1-5H3,(H,21,24)/t11-/m1/s1. The predicted octanol–water partition coefficient (Wildman–Crippen LogP) is 3.33. The fourth-order valence-electron chi connectivity index (χ4n) is 2.18. The Morgan fingerprint density at radius 1 is 1.44 bits per heavy atom. The number of ether oxygens (including phenoxy) is 2. The number of nitrogens with one attached hydrogen (secondary N) is 1. The van der Waals surface area contributed by atoms with Crippen LogP contribution in [0.15, 0.2) is 32.2 Å². The van der Waals surface area contributed by atoms with Gasteiger partial charge in [-0.05, 0) is 62.2 Å². The minimum absolute atomic E-state index is 0.194. The average Bonchev–Trinajstić information content (AvgIpc) is 2.94. The van der Waals surface area contributed by atoms with Crippen LogP contribution in [0.25, 0.3) is 6.01 Å². The average molecular weight is 442 g/mol. The van der Waals surface area contributed by atoms with Gasteiger partial charge in [0.05, 0.1) is 29.4 Å². The van der Waals surface area contributed by atoms with Crippen molar-refractivity contribution < 1.29 is 18.7 Å². The Kier molecular flexibility index (Phi) is 6.83. The van der Waals surface area contributed by atoms with Crippen molar-refractivity contribution in [1.29, 1.82) is 0 Å². The van der Waals surface area contributed by atoms with Gasteiger partial charge < -0.3 is 19.2 Å². The smallest absolute Gasteiger partial charge is 0.407 e. The number of hydrogen-bond donors (Lipinski definition) is 1. The van der Waals surface area contributed by atoms with Gasteiger partial charge in [-0.2, -0.15) is 4.98 Å². The number of pyridine rings is 1. The van der Waals surface area contributed by atoms with Crippen molar-refractivity contribution >= 4 is 22.0 Å². The molecule has 0 aliphatic heterocycles. The molecule has 9 heteroatoms. The largest absolute Gasteiger partial charge is 0.444 e. The molecule has 0 fully saturated rings. The van der Waals surface area contributed by atoms with Gasteiger partial charge in [-0.15, -0.1) is 0 Å². The van der Waals surface area contributed by atoms with Crippen LogP contribution in [0.3, 0.4) is 0 Å². The number of aromatic nitrogens is 2. The molecule has 2 aromatic heterocycles. The van der Waals surface area contributed by atoms with Crippen LogP contribution in [0.2, 0.25) is 0 Å². The van der Waals surface area contributed by atoms with Crippen molar-refractivity contribution in [2.45, 2.75) is 52.9 Å². The summed E-state index contributed by atoms with van der Waals surface area (Å²) in [6.07, 6.45) is 2.60. The summed E-state index contributed by atoms with van der Waals surface area (Å²) < 4.78 is 17.8. The van der Waals surface area contributed by atoms with Gasteiger partial charge in [0, 0.05) is 6.20 Å². The van der Waals surface area contributed by atoms with Crippen LogP contribution in [-0.2, 0) is 16.1 Å². The molecule has 0 aliphatic carbocycles. The third kappa shape index (κ3) is 6.51. The molecule has 0 aromatic carbocycles. The zero-order chi connectivity index (χ0) is 20.2. The van der Waals surface area contributed by atoms with Crippen molar-refractivity contribution in [1.82, 2.24) is 14.9 Å². The van der Waals surface area contributed by atoms with Crippen molar-refractivity contribution in [2.24, 2.45) is 0 Å². The van der Waals surface area contributed by atoms with E-state index in [9.17, 15) is 9.59 Å².